The fourth-order valence-corrected chi connectivity index (χ4v) is 4.79. The van der Waals surface area contributed by atoms with E-state index in [1.165, 1.54) is 63.8 Å². The molecule has 2 aromatic heterocycles. The van der Waals surface area contributed by atoms with E-state index in [0.29, 0.717) is 22.5 Å². The van der Waals surface area contributed by atoms with Crippen LogP contribution in [-0.4, -0.2) is 78.9 Å². The molecule has 252 valence electrons. The molecule has 4 rings (SSSR count). The number of hydroxylamine groups is 1. The fraction of sp³-hybridized carbons (Fsp3) is 0.294. The standard InChI is InChI=1S/C34H39FN8O5/c1-19-25(35)15-28(40-27(20(2)32(44)37-4)16-29(36-3)41-33(45)21-8-9-21)31(48-7)30(19)22-10-11-26(39-17-22)34(46)42(5)18-23-14-24(43(6)47)12-13-38-23/h10-17,21,40,47H,2,8-9,18H2,1,3-7H3,(H,37,44)(H,36,41,45)/b27-16+. The number of amidine groups is 1. The van der Waals surface area contributed by atoms with Crippen molar-refractivity contribution in [3.05, 3.63) is 89.4 Å². The number of amides is 3. The molecule has 48 heavy (non-hydrogen) atoms. The van der Waals surface area contributed by atoms with Crippen LogP contribution in [0.1, 0.15) is 34.6 Å². The summed E-state index contributed by atoms with van der Waals surface area (Å²) < 4.78 is 21.3. The first-order chi connectivity index (χ1) is 22.9. The number of hydrogen-bond acceptors (Lipinski definition) is 10. The van der Waals surface area contributed by atoms with Crippen LogP contribution >= 0.6 is 0 Å². The maximum Gasteiger partial charge on any atom is 0.272 e. The Labute approximate surface area is 278 Å². The summed E-state index contributed by atoms with van der Waals surface area (Å²) in [6.07, 6.45) is 6.02. The summed E-state index contributed by atoms with van der Waals surface area (Å²) in [6, 6.07) is 7.69. The van der Waals surface area contributed by atoms with E-state index in [1.54, 1.807) is 32.2 Å². The molecule has 0 unspecified atom stereocenters. The van der Waals surface area contributed by atoms with Gasteiger partial charge in [0.1, 0.15) is 17.3 Å². The highest BCUT2D eigenvalue weighted by molar-refractivity contribution is 6.08. The lowest BCUT2D eigenvalue weighted by Crippen LogP contribution is -2.31. The zero-order chi connectivity index (χ0) is 35.1. The number of likely N-dealkylation sites (N-methyl/N-ethyl adjacent to an activating group) is 1. The van der Waals surface area contributed by atoms with Crippen molar-refractivity contribution in [2.75, 3.05) is 45.7 Å². The zero-order valence-corrected chi connectivity index (χ0v) is 27.7. The van der Waals surface area contributed by atoms with E-state index >= 15 is 4.39 Å². The van der Waals surface area contributed by atoms with Gasteiger partial charge in [0.25, 0.3) is 11.8 Å². The second-order valence-electron chi connectivity index (χ2n) is 11.2. The highest BCUT2D eigenvalue weighted by Crippen LogP contribution is 2.41. The summed E-state index contributed by atoms with van der Waals surface area (Å²) in [6.45, 7) is 5.64. The number of halogens is 1. The molecule has 1 fully saturated rings. The van der Waals surface area contributed by atoms with Crippen LogP contribution in [0.2, 0.25) is 0 Å². The zero-order valence-electron chi connectivity index (χ0n) is 27.7. The Hall–Kier alpha value is -5.63. The van der Waals surface area contributed by atoms with Crippen LogP contribution in [-0.2, 0) is 16.1 Å². The summed E-state index contributed by atoms with van der Waals surface area (Å²) in [5.41, 5.74) is 2.65. The fourth-order valence-electron chi connectivity index (χ4n) is 4.79. The molecule has 3 amide bonds. The van der Waals surface area contributed by atoms with Gasteiger partial charge in [-0.25, -0.2) is 4.39 Å². The molecular weight excluding hydrogens is 619 g/mol. The molecule has 0 bridgehead atoms. The monoisotopic (exact) mass is 658 g/mol. The van der Waals surface area contributed by atoms with Crippen molar-refractivity contribution in [3.63, 3.8) is 0 Å². The lowest BCUT2D eigenvalue weighted by molar-refractivity contribution is -0.120. The minimum absolute atomic E-state index is 0.00265. The molecule has 0 saturated heterocycles. The van der Waals surface area contributed by atoms with Gasteiger partial charge >= 0.3 is 0 Å². The van der Waals surface area contributed by atoms with E-state index in [-0.39, 0.29) is 64.1 Å². The quantitative estimate of drug-likeness (QED) is 0.0745. The molecular formula is C34H39FN8O5. The van der Waals surface area contributed by atoms with Crippen molar-refractivity contribution >= 4 is 34.9 Å². The van der Waals surface area contributed by atoms with Crippen molar-refractivity contribution < 1.29 is 28.7 Å². The minimum atomic E-state index is -0.576. The molecule has 1 aliphatic carbocycles. The summed E-state index contributed by atoms with van der Waals surface area (Å²) >= 11 is 0. The molecule has 1 saturated carbocycles. The normalized spacial score (nSPS) is 13.0. The summed E-state index contributed by atoms with van der Waals surface area (Å²) in [5.74, 6) is -1.30. The second kappa shape index (κ2) is 15.3. The Bertz CT molecular complexity index is 1780. The summed E-state index contributed by atoms with van der Waals surface area (Å²) in [5, 5.41) is 19.0. The number of aliphatic imine (C=N–C) groups is 1. The van der Waals surface area contributed by atoms with Crippen LogP contribution in [0.4, 0.5) is 15.8 Å². The second-order valence-corrected chi connectivity index (χ2v) is 11.2. The Morgan fingerprint density at radius 1 is 1.19 bits per heavy atom. The summed E-state index contributed by atoms with van der Waals surface area (Å²) in [7, 11) is 7.45. The molecule has 1 aromatic carbocycles. The number of ether oxygens (including phenoxy) is 1. The van der Waals surface area contributed by atoms with Crippen LogP contribution in [0, 0.1) is 18.7 Å². The Morgan fingerprint density at radius 2 is 1.92 bits per heavy atom. The van der Waals surface area contributed by atoms with E-state index in [4.69, 9.17) is 4.74 Å². The number of carbonyl (C=O) groups is 3. The number of nitrogens with zero attached hydrogens (tertiary/aromatic N) is 5. The van der Waals surface area contributed by atoms with Gasteiger partial charge in [0, 0.05) is 69.8 Å². The molecule has 13 nitrogen and oxygen atoms in total. The average molecular weight is 659 g/mol. The van der Waals surface area contributed by atoms with Crippen molar-refractivity contribution in [2.24, 2.45) is 10.9 Å². The van der Waals surface area contributed by atoms with Gasteiger partial charge in [-0.1, -0.05) is 12.6 Å². The predicted molar refractivity (Wildman–Crippen MR) is 180 cm³/mol. The van der Waals surface area contributed by atoms with E-state index in [9.17, 15) is 19.6 Å². The van der Waals surface area contributed by atoms with Gasteiger partial charge in [0.05, 0.1) is 42.0 Å². The predicted octanol–water partition coefficient (Wildman–Crippen LogP) is 3.85. The van der Waals surface area contributed by atoms with E-state index < -0.39 is 11.7 Å². The number of rotatable bonds is 12. The number of nitrogens with one attached hydrogen (secondary N) is 3. The van der Waals surface area contributed by atoms with Gasteiger partial charge < -0.3 is 25.6 Å². The Kier molecular flexibility index (Phi) is 11.2. The smallest absolute Gasteiger partial charge is 0.272 e. The molecule has 2 heterocycles. The highest BCUT2D eigenvalue weighted by Gasteiger charge is 2.30. The number of hydrogen-bond donors (Lipinski definition) is 4. The topological polar surface area (TPSA) is 161 Å². The minimum Gasteiger partial charge on any atom is -0.494 e. The first-order valence-corrected chi connectivity index (χ1v) is 15.0. The number of aromatic nitrogens is 2. The molecule has 0 spiro atoms. The van der Waals surface area contributed by atoms with Gasteiger partial charge in [-0.15, -0.1) is 0 Å². The van der Waals surface area contributed by atoms with Crippen molar-refractivity contribution in [3.8, 4) is 16.9 Å². The first-order valence-electron chi connectivity index (χ1n) is 15.0. The van der Waals surface area contributed by atoms with Gasteiger partial charge in [0.15, 0.2) is 5.75 Å². The van der Waals surface area contributed by atoms with Crippen molar-refractivity contribution in [2.45, 2.75) is 26.3 Å². The molecule has 1 aliphatic rings. The first kappa shape index (κ1) is 35.2. The molecule has 14 heteroatoms. The SMILES string of the molecule is C=C(C(=O)NC)/C(=C\C(=NC)NC(=O)C1CC1)Nc1cc(F)c(C)c(-c2ccc(C(=O)N(C)Cc3cc(N(C)O)ccn3)nc2)c1OC. The van der Waals surface area contributed by atoms with Gasteiger partial charge in [-0.2, -0.15) is 0 Å². The van der Waals surface area contributed by atoms with Crippen molar-refractivity contribution in [1.82, 2.24) is 25.5 Å². The Morgan fingerprint density at radius 3 is 2.50 bits per heavy atom. The van der Waals surface area contributed by atoms with Gasteiger partial charge in [-0.3, -0.25) is 39.6 Å². The highest BCUT2D eigenvalue weighted by atomic mass is 19.1. The molecule has 3 aromatic rings. The third-order valence-corrected chi connectivity index (χ3v) is 7.69. The molecule has 0 atom stereocenters. The van der Waals surface area contributed by atoms with E-state index in [2.05, 4.69) is 37.5 Å². The molecule has 4 N–H and O–H groups in total. The number of benzene rings is 1. The van der Waals surface area contributed by atoms with Crippen LogP contribution in [0.5, 0.6) is 5.75 Å². The van der Waals surface area contributed by atoms with Crippen LogP contribution < -0.4 is 25.8 Å². The number of pyridine rings is 2. The van der Waals surface area contributed by atoms with Gasteiger partial charge in [-0.05, 0) is 43.5 Å². The van der Waals surface area contributed by atoms with Crippen LogP contribution in [0.15, 0.2) is 71.6 Å². The van der Waals surface area contributed by atoms with Gasteiger partial charge in [0.2, 0.25) is 5.91 Å². The lowest BCUT2D eigenvalue weighted by Gasteiger charge is -2.21. The van der Waals surface area contributed by atoms with Crippen LogP contribution in [0.3, 0.4) is 0 Å². The van der Waals surface area contributed by atoms with E-state index in [1.807, 2.05) is 0 Å². The maximum absolute atomic E-state index is 15.5. The summed E-state index contributed by atoms with van der Waals surface area (Å²) in [4.78, 5) is 52.4. The third-order valence-electron chi connectivity index (χ3n) is 7.69. The number of anilines is 2. The average Bonchev–Trinajstić information content (AvgIpc) is 3.94. The number of methoxy groups -OCH3 is 1. The number of carbonyl (C=O) groups excluding carboxylic acids is 3. The Balaban J connectivity index is 1.65. The van der Waals surface area contributed by atoms with Crippen molar-refractivity contribution in [1.29, 1.82) is 0 Å². The third kappa shape index (κ3) is 8.20. The van der Waals surface area contributed by atoms with Crippen LogP contribution in [0.25, 0.3) is 11.1 Å². The largest absolute Gasteiger partial charge is 0.494 e. The lowest BCUT2D eigenvalue weighted by atomic mass is 9.98. The maximum atomic E-state index is 15.5. The molecule has 0 radical (unpaired) electrons. The molecule has 0 aliphatic heterocycles. The van der Waals surface area contributed by atoms with E-state index in [0.717, 1.165) is 17.9 Å².